The summed E-state index contributed by atoms with van der Waals surface area (Å²) in [6, 6.07) is 0. The fraction of sp³-hybridized carbons (Fsp3) is 1.00. The molecule has 0 radical (unpaired) electrons. The van der Waals surface area contributed by atoms with Crippen LogP contribution in [0.15, 0.2) is 0 Å². The van der Waals surface area contributed by atoms with Gasteiger partial charge in [0.2, 0.25) is 0 Å². The van der Waals surface area contributed by atoms with Crippen LogP contribution in [0.2, 0.25) is 0 Å². The van der Waals surface area contributed by atoms with Crippen LogP contribution in [0, 0.1) is 0 Å². The Morgan fingerprint density at radius 1 is 1.00 bits per heavy atom. The normalized spacial score (nSPS) is 56.2. The van der Waals surface area contributed by atoms with Crippen molar-refractivity contribution in [2.24, 2.45) is 0 Å². The minimum atomic E-state index is -0.908. The summed E-state index contributed by atoms with van der Waals surface area (Å²) < 4.78 is 16.8. The lowest BCUT2D eigenvalue weighted by atomic mass is 9.90. The molecule has 4 bridgehead atoms. The molecule has 0 amide bonds. The van der Waals surface area contributed by atoms with Crippen LogP contribution < -0.4 is 5.32 Å². The lowest BCUT2D eigenvalue weighted by Crippen LogP contribution is -2.67. The second-order valence-electron chi connectivity index (χ2n) is 3.73. The molecule has 0 aromatic heterocycles. The summed E-state index contributed by atoms with van der Waals surface area (Å²) in [7, 11) is 1.80. The topological polar surface area (TPSA) is 39.7 Å². The molecule has 1 saturated carbocycles. The molecular weight excluding hydrogens is 158 g/mol. The van der Waals surface area contributed by atoms with Crippen molar-refractivity contribution in [1.82, 2.24) is 5.32 Å². The summed E-state index contributed by atoms with van der Waals surface area (Å²) in [5.41, 5.74) is 0. The first-order chi connectivity index (χ1) is 5.80. The zero-order chi connectivity index (χ0) is 8.18. The first-order valence-corrected chi connectivity index (χ1v) is 4.52. The van der Waals surface area contributed by atoms with Gasteiger partial charge in [-0.25, -0.2) is 5.32 Å². The molecule has 4 nitrogen and oxygen atoms in total. The molecule has 1 N–H and O–H groups in total. The van der Waals surface area contributed by atoms with Crippen LogP contribution in [0.3, 0.4) is 0 Å². The lowest BCUT2D eigenvalue weighted by Gasteiger charge is -2.54. The van der Waals surface area contributed by atoms with E-state index < -0.39 is 6.10 Å². The van der Waals surface area contributed by atoms with E-state index in [0.29, 0.717) is 18.3 Å². The Morgan fingerprint density at radius 2 is 1.42 bits per heavy atom. The van der Waals surface area contributed by atoms with Crippen molar-refractivity contribution < 1.29 is 14.2 Å². The maximum Gasteiger partial charge on any atom is 0.351 e. The molecule has 68 valence electrons. The highest BCUT2D eigenvalue weighted by atomic mass is 16.9. The summed E-state index contributed by atoms with van der Waals surface area (Å²) in [4.78, 5) is 0. The Kier molecular flexibility index (Phi) is 1.33. The Labute approximate surface area is 71.2 Å². The predicted molar refractivity (Wildman–Crippen MR) is 40.3 cm³/mol. The van der Waals surface area contributed by atoms with Crippen LogP contribution in [-0.2, 0) is 14.2 Å². The molecule has 3 heterocycles. The van der Waals surface area contributed by atoms with Gasteiger partial charge in [-0.05, 0) is 7.05 Å². The van der Waals surface area contributed by atoms with Gasteiger partial charge in [0.25, 0.3) is 0 Å². The van der Waals surface area contributed by atoms with Crippen LogP contribution >= 0.6 is 0 Å². The molecule has 4 fully saturated rings. The number of hydrogen-bond donors (Lipinski definition) is 1. The highest BCUT2D eigenvalue weighted by Crippen LogP contribution is 2.43. The summed E-state index contributed by atoms with van der Waals surface area (Å²) in [5, 5.41) is 2.94. The monoisotopic (exact) mass is 171 g/mol. The standard InChI is InChI=1S/C8H13NO3/c1-9-8-10-5-2-6(11-8)4-7(3-5)12-8/h5-7,9H,2-4H2,1H3. The fourth-order valence-electron chi connectivity index (χ4n) is 2.38. The van der Waals surface area contributed by atoms with Crippen LogP contribution in [-0.4, -0.2) is 31.5 Å². The van der Waals surface area contributed by atoms with E-state index in [1.54, 1.807) is 7.05 Å². The highest BCUT2D eigenvalue weighted by molar-refractivity contribution is 4.90. The molecule has 0 aromatic rings. The first kappa shape index (κ1) is 7.26. The summed E-state index contributed by atoms with van der Waals surface area (Å²) in [5.74, 6) is 0. The van der Waals surface area contributed by atoms with E-state index in [4.69, 9.17) is 14.2 Å². The summed E-state index contributed by atoms with van der Waals surface area (Å²) in [6.45, 7) is 0. The van der Waals surface area contributed by atoms with Gasteiger partial charge in [-0.15, -0.1) is 0 Å². The van der Waals surface area contributed by atoms with Gasteiger partial charge in [-0.1, -0.05) is 0 Å². The zero-order valence-electron chi connectivity index (χ0n) is 7.08. The molecule has 3 saturated heterocycles. The minimum absolute atomic E-state index is 0.337. The minimum Gasteiger partial charge on any atom is -0.311 e. The Hall–Kier alpha value is -0.160. The van der Waals surface area contributed by atoms with Crippen molar-refractivity contribution in [2.45, 2.75) is 43.7 Å². The summed E-state index contributed by atoms with van der Waals surface area (Å²) >= 11 is 0. The molecule has 4 heteroatoms. The van der Waals surface area contributed by atoms with Crippen molar-refractivity contribution in [2.75, 3.05) is 7.05 Å². The van der Waals surface area contributed by atoms with E-state index >= 15 is 0 Å². The van der Waals surface area contributed by atoms with Gasteiger partial charge in [0, 0.05) is 19.3 Å². The largest absolute Gasteiger partial charge is 0.351 e. The molecule has 4 rings (SSSR count). The predicted octanol–water partition coefficient (Wildman–Crippen LogP) is 0.184. The van der Waals surface area contributed by atoms with E-state index in [-0.39, 0.29) is 0 Å². The van der Waals surface area contributed by atoms with Crippen LogP contribution in [0.25, 0.3) is 0 Å². The Morgan fingerprint density at radius 3 is 1.75 bits per heavy atom. The number of nitrogens with one attached hydrogen (secondary N) is 1. The smallest absolute Gasteiger partial charge is 0.311 e. The fourth-order valence-corrected chi connectivity index (χ4v) is 2.38. The molecular formula is C8H13NO3. The highest BCUT2D eigenvalue weighted by Gasteiger charge is 2.54. The first-order valence-electron chi connectivity index (χ1n) is 4.52. The van der Waals surface area contributed by atoms with Crippen LogP contribution in [0.4, 0.5) is 0 Å². The molecule has 1 aliphatic carbocycles. The molecule has 0 spiro atoms. The molecule has 0 aromatic carbocycles. The van der Waals surface area contributed by atoms with E-state index in [9.17, 15) is 0 Å². The van der Waals surface area contributed by atoms with Crippen LogP contribution in [0.1, 0.15) is 19.3 Å². The molecule has 0 unspecified atom stereocenters. The molecule has 4 aliphatic rings. The summed E-state index contributed by atoms with van der Waals surface area (Å²) in [6.07, 6.45) is 3.20. The van der Waals surface area contributed by atoms with E-state index in [2.05, 4.69) is 5.32 Å². The maximum atomic E-state index is 5.60. The zero-order valence-corrected chi connectivity index (χ0v) is 7.08. The average Bonchev–Trinajstić information content (AvgIpc) is 2.02. The number of rotatable bonds is 1. The van der Waals surface area contributed by atoms with Gasteiger partial charge in [0.15, 0.2) is 0 Å². The average molecular weight is 171 g/mol. The lowest BCUT2D eigenvalue weighted by molar-refractivity contribution is -0.503. The van der Waals surface area contributed by atoms with E-state index in [1.807, 2.05) is 0 Å². The molecule has 0 atom stereocenters. The van der Waals surface area contributed by atoms with Crippen molar-refractivity contribution in [3.8, 4) is 0 Å². The van der Waals surface area contributed by atoms with Gasteiger partial charge >= 0.3 is 6.10 Å². The van der Waals surface area contributed by atoms with Crippen molar-refractivity contribution in [1.29, 1.82) is 0 Å². The second kappa shape index (κ2) is 2.20. The Bertz CT molecular complexity index is 171. The van der Waals surface area contributed by atoms with Crippen molar-refractivity contribution >= 4 is 0 Å². The van der Waals surface area contributed by atoms with Gasteiger partial charge in [-0.2, -0.15) is 0 Å². The molecule has 12 heavy (non-hydrogen) atoms. The van der Waals surface area contributed by atoms with E-state index in [1.165, 1.54) is 0 Å². The van der Waals surface area contributed by atoms with Gasteiger partial charge in [-0.3, -0.25) is 0 Å². The third kappa shape index (κ3) is 0.864. The van der Waals surface area contributed by atoms with Crippen LogP contribution in [0.5, 0.6) is 0 Å². The van der Waals surface area contributed by atoms with Gasteiger partial charge < -0.3 is 14.2 Å². The Balaban J connectivity index is 1.90. The van der Waals surface area contributed by atoms with Gasteiger partial charge in [0.05, 0.1) is 18.3 Å². The third-order valence-corrected chi connectivity index (χ3v) is 2.85. The second-order valence-corrected chi connectivity index (χ2v) is 3.73. The van der Waals surface area contributed by atoms with Crippen molar-refractivity contribution in [3.63, 3.8) is 0 Å². The SMILES string of the molecule is CNC12OC3CC(CC(C3)O1)O2. The molecule has 3 aliphatic heterocycles. The van der Waals surface area contributed by atoms with Gasteiger partial charge in [0.1, 0.15) is 0 Å². The maximum absolute atomic E-state index is 5.60. The van der Waals surface area contributed by atoms with Crippen molar-refractivity contribution in [3.05, 3.63) is 0 Å². The number of ether oxygens (including phenoxy) is 3. The quantitative estimate of drug-likeness (QED) is 0.611. The third-order valence-electron chi connectivity index (χ3n) is 2.85. The number of hydrogen-bond acceptors (Lipinski definition) is 4. The van der Waals surface area contributed by atoms with E-state index in [0.717, 1.165) is 19.3 Å².